The second-order valence-corrected chi connectivity index (χ2v) is 5.70. The topological polar surface area (TPSA) is 80.4 Å². The second-order valence-electron chi connectivity index (χ2n) is 5.70. The lowest BCUT2D eigenvalue weighted by Gasteiger charge is -2.19. The van der Waals surface area contributed by atoms with Crippen molar-refractivity contribution in [3.8, 4) is 5.75 Å². The Labute approximate surface area is 157 Å². The number of ether oxygens (including phenoxy) is 2. The maximum absolute atomic E-state index is 12.9. The summed E-state index contributed by atoms with van der Waals surface area (Å²) in [7, 11) is 0. The molecule has 1 atom stereocenters. The van der Waals surface area contributed by atoms with E-state index in [2.05, 4.69) is 10.3 Å². The van der Waals surface area contributed by atoms with Crippen LogP contribution in [0.2, 0.25) is 0 Å². The van der Waals surface area contributed by atoms with E-state index in [1.165, 1.54) is 0 Å². The Morgan fingerprint density at radius 3 is 2.44 bits per heavy atom. The maximum atomic E-state index is 12.9. The van der Waals surface area contributed by atoms with Crippen LogP contribution in [-0.4, -0.2) is 23.5 Å². The van der Waals surface area contributed by atoms with E-state index in [0.717, 1.165) is 0 Å². The third-order valence-corrected chi connectivity index (χ3v) is 3.83. The van der Waals surface area contributed by atoms with Crippen LogP contribution in [0.5, 0.6) is 5.75 Å². The number of carbonyl (C=O) groups is 2. The van der Waals surface area contributed by atoms with Gasteiger partial charge >= 0.3 is 5.97 Å². The highest BCUT2D eigenvalue weighted by molar-refractivity contribution is 5.98. The Morgan fingerprint density at radius 2 is 1.74 bits per heavy atom. The summed E-state index contributed by atoms with van der Waals surface area (Å²) in [6.45, 7) is 2.33. The second kappa shape index (κ2) is 8.71. The van der Waals surface area contributed by atoms with Crippen LogP contribution in [-0.2, 0) is 9.53 Å². The number of aromatic amines is 1. The Morgan fingerprint density at radius 1 is 1.00 bits per heavy atom. The number of benzene rings is 2. The van der Waals surface area contributed by atoms with Gasteiger partial charge in [0.25, 0.3) is 5.91 Å². The molecular formula is C21H20N2O4. The Bertz CT molecular complexity index is 892. The molecule has 6 nitrogen and oxygen atoms in total. The van der Waals surface area contributed by atoms with Gasteiger partial charge in [-0.25, -0.2) is 4.79 Å². The number of hydrogen-bond donors (Lipinski definition) is 2. The number of aromatic nitrogens is 1. The van der Waals surface area contributed by atoms with Gasteiger partial charge in [-0.1, -0.05) is 42.5 Å². The average Bonchev–Trinajstić information content (AvgIpc) is 3.23. The first-order chi connectivity index (χ1) is 13.2. The van der Waals surface area contributed by atoms with E-state index in [9.17, 15) is 9.59 Å². The minimum atomic E-state index is -1.10. The van der Waals surface area contributed by atoms with Crippen molar-refractivity contribution < 1.29 is 19.1 Å². The van der Waals surface area contributed by atoms with E-state index < -0.39 is 18.0 Å². The molecule has 6 heteroatoms. The van der Waals surface area contributed by atoms with Gasteiger partial charge in [0, 0.05) is 11.8 Å². The van der Waals surface area contributed by atoms with E-state index in [1.54, 1.807) is 60.8 Å². The van der Waals surface area contributed by atoms with E-state index in [-0.39, 0.29) is 5.69 Å². The molecule has 1 heterocycles. The summed E-state index contributed by atoms with van der Waals surface area (Å²) in [5, 5.41) is 2.79. The zero-order valence-corrected chi connectivity index (χ0v) is 14.8. The highest BCUT2D eigenvalue weighted by Crippen LogP contribution is 2.27. The number of rotatable bonds is 7. The third kappa shape index (κ3) is 4.55. The average molecular weight is 364 g/mol. The van der Waals surface area contributed by atoms with Gasteiger partial charge in [-0.3, -0.25) is 4.79 Å². The van der Waals surface area contributed by atoms with E-state index >= 15 is 0 Å². The summed E-state index contributed by atoms with van der Waals surface area (Å²) in [4.78, 5) is 28.1. The van der Waals surface area contributed by atoms with Crippen molar-refractivity contribution in [2.45, 2.75) is 13.0 Å². The Kier molecular flexibility index (Phi) is 5.89. The summed E-state index contributed by atoms with van der Waals surface area (Å²) in [6.07, 6.45) is 0.517. The van der Waals surface area contributed by atoms with Gasteiger partial charge in [0.2, 0.25) is 6.10 Å². The summed E-state index contributed by atoms with van der Waals surface area (Å²) in [5.74, 6) is -0.522. The number of H-pyrrole nitrogens is 1. The van der Waals surface area contributed by atoms with Crippen molar-refractivity contribution in [3.63, 3.8) is 0 Å². The van der Waals surface area contributed by atoms with Crippen molar-refractivity contribution in [1.29, 1.82) is 0 Å². The zero-order valence-electron chi connectivity index (χ0n) is 14.8. The van der Waals surface area contributed by atoms with Crippen molar-refractivity contribution >= 4 is 17.6 Å². The first kappa shape index (κ1) is 18.3. The van der Waals surface area contributed by atoms with Gasteiger partial charge in [-0.15, -0.1) is 0 Å². The fourth-order valence-electron chi connectivity index (χ4n) is 2.58. The molecule has 3 aromatic rings. The number of amides is 1. The molecule has 2 aromatic carbocycles. The number of nitrogens with one attached hydrogen (secondary N) is 2. The highest BCUT2D eigenvalue weighted by Gasteiger charge is 2.26. The molecule has 27 heavy (non-hydrogen) atoms. The summed E-state index contributed by atoms with van der Waals surface area (Å²) in [6, 6.07) is 19.3. The molecule has 1 aromatic heterocycles. The summed E-state index contributed by atoms with van der Waals surface area (Å²) >= 11 is 0. The third-order valence-electron chi connectivity index (χ3n) is 3.83. The predicted octanol–water partition coefficient (Wildman–Crippen LogP) is 3.95. The van der Waals surface area contributed by atoms with Gasteiger partial charge in [0.15, 0.2) is 0 Å². The molecule has 0 saturated carbocycles. The monoisotopic (exact) mass is 364 g/mol. The molecular weight excluding hydrogens is 344 g/mol. The predicted molar refractivity (Wildman–Crippen MR) is 102 cm³/mol. The minimum absolute atomic E-state index is 0.276. The van der Waals surface area contributed by atoms with Crippen LogP contribution in [0.1, 0.15) is 29.1 Å². The molecule has 0 fully saturated rings. The Balaban J connectivity index is 1.84. The first-order valence-electron chi connectivity index (χ1n) is 8.61. The lowest BCUT2D eigenvalue weighted by Crippen LogP contribution is -2.26. The summed E-state index contributed by atoms with van der Waals surface area (Å²) in [5.41, 5.74) is 1.36. The number of hydrogen-bond acceptors (Lipinski definition) is 4. The smallest absolute Gasteiger partial charge is 0.355 e. The van der Waals surface area contributed by atoms with E-state index in [0.29, 0.717) is 23.6 Å². The van der Waals surface area contributed by atoms with Gasteiger partial charge in [-0.05, 0) is 31.2 Å². The normalized spacial score (nSPS) is 11.4. The number of anilines is 1. The van der Waals surface area contributed by atoms with Crippen LogP contribution in [0.25, 0.3) is 0 Å². The molecule has 0 saturated heterocycles. The number of esters is 1. The van der Waals surface area contributed by atoms with Gasteiger partial charge < -0.3 is 19.8 Å². The molecule has 0 radical (unpaired) electrons. The number of para-hydroxylation sites is 2. The number of carbonyl (C=O) groups excluding carboxylic acids is 2. The Hall–Kier alpha value is -3.54. The van der Waals surface area contributed by atoms with E-state index in [1.807, 2.05) is 19.1 Å². The molecule has 1 amide bonds. The van der Waals surface area contributed by atoms with Crippen molar-refractivity contribution in [2.75, 3.05) is 11.9 Å². The minimum Gasteiger partial charge on any atom is -0.492 e. The summed E-state index contributed by atoms with van der Waals surface area (Å²) < 4.78 is 11.0. The molecule has 0 unspecified atom stereocenters. The van der Waals surface area contributed by atoms with Crippen molar-refractivity contribution in [1.82, 2.24) is 4.98 Å². The van der Waals surface area contributed by atoms with Crippen molar-refractivity contribution in [3.05, 3.63) is 84.2 Å². The fourth-order valence-corrected chi connectivity index (χ4v) is 2.58. The van der Waals surface area contributed by atoms with Crippen LogP contribution in [0.15, 0.2) is 72.9 Å². The molecule has 0 spiro atoms. The lowest BCUT2D eigenvalue weighted by molar-refractivity contribution is -0.125. The quantitative estimate of drug-likeness (QED) is 0.622. The maximum Gasteiger partial charge on any atom is 0.355 e. The lowest BCUT2D eigenvalue weighted by atomic mass is 10.1. The fraction of sp³-hybridized carbons (Fsp3) is 0.143. The van der Waals surface area contributed by atoms with Crippen LogP contribution in [0, 0.1) is 0 Å². The molecule has 3 rings (SSSR count). The first-order valence-corrected chi connectivity index (χ1v) is 8.61. The highest BCUT2D eigenvalue weighted by atomic mass is 16.5. The molecule has 0 bridgehead atoms. The zero-order chi connectivity index (χ0) is 19.1. The molecule has 0 aliphatic rings. The van der Waals surface area contributed by atoms with Gasteiger partial charge in [-0.2, -0.15) is 0 Å². The van der Waals surface area contributed by atoms with Crippen LogP contribution >= 0.6 is 0 Å². The van der Waals surface area contributed by atoms with Crippen LogP contribution in [0.4, 0.5) is 5.69 Å². The molecule has 2 N–H and O–H groups in total. The van der Waals surface area contributed by atoms with E-state index in [4.69, 9.17) is 9.47 Å². The molecule has 0 aliphatic carbocycles. The standard InChI is InChI=1S/C21H20N2O4/c1-2-26-18-13-7-6-11-16(18)23-20(24)19(15-9-4-3-5-10-15)27-21(25)17-12-8-14-22-17/h3-14,19,22H,2H2,1H3,(H,23,24)/t19-/m1/s1. The largest absolute Gasteiger partial charge is 0.492 e. The molecule has 138 valence electrons. The molecule has 0 aliphatic heterocycles. The van der Waals surface area contributed by atoms with Crippen molar-refractivity contribution in [2.24, 2.45) is 0 Å². The van der Waals surface area contributed by atoms with Crippen LogP contribution < -0.4 is 10.1 Å². The van der Waals surface area contributed by atoms with Crippen LogP contribution in [0.3, 0.4) is 0 Å². The SMILES string of the molecule is CCOc1ccccc1NC(=O)[C@H](OC(=O)c1ccc[nH]1)c1ccccc1. The van der Waals surface area contributed by atoms with Gasteiger partial charge in [0.1, 0.15) is 11.4 Å². The van der Waals surface area contributed by atoms with Gasteiger partial charge in [0.05, 0.1) is 12.3 Å².